The molecule has 1 N–H and O–H groups in total. The van der Waals surface area contributed by atoms with Gasteiger partial charge in [-0.2, -0.15) is 4.98 Å². The van der Waals surface area contributed by atoms with Gasteiger partial charge >= 0.3 is 0 Å². The van der Waals surface area contributed by atoms with E-state index in [4.69, 9.17) is 16.3 Å². The first-order valence-electron chi connectivity index (χ1n) is 8.90. The predicted octanol–water partition coefficient (Wildman–Crippen LogP) is 5.59. The second-order valence-corrected chi connectivity index (χ2v) is 7.69. The molecule has 4 rings (SSSR count). The molecule has 0 fully saturated rings. The largest absolute Gasteiger partial charge is 0.448 e. The van der Waals surface area contributed by atoms with E-state index in [0.717, 1.165) is 35.4 Å². The lowest BCUT2D eigenvalue weighted by atomic mass is 10.1. The molecule has 0 amide bonds. The van der Waals surface area contributed by atoms with Crippen LogP contribution in [0.1, 0.15) is 31.6 Å². The fourth-order valence-electron chi connectivity index (χ4n) is 2.84. The summed E-state index contributed by atoms with van der Waals surface area (Å²) in [4.78, 5) is 4.64. The predicted molar refractivity (Wildman–Crippen MR) is 109 cm³/mol. The summed E-state index contributed by atoms with van der Waals surface area (Å²) < 4.78 is 6.23. The molecule has 1 atom stereocenters. The fourth-order valence-corrected chi connectivity index (χ4v) is 3.90. The van der Waals surface area contributed by atoms with E-state index in [-0.39, 0.29) is 0 Å². The Bertz CT molecular complexity index is 953. The molecule has 1 aliphatic rings. The first kappa shape index (κ1) is 18.1. The summed E-state index contributed by atoms with van der Waals surface area (Å²) in [6.07, 6.45) is 1.83. The van der Waals surface area contributed by atoms with Crippen LogP contribution in [0.25, 0.3) is 11.3 Å². The average Bonchev–Trinajstić information content (AvgIpc) is 2.85. The number of anilines is 1. The number of hydrogen-bond donors (Lipinski definition) is 1. The van der Waals surface area contributed by atoms with Crippen LogP contribution in [0.2, 0.25) is 5.02 Å². The number of ether oxygens (including phenoxy) is 1. The second kappa shape index (κ2) is 8.15. The highest BCUT2D eigenvalue weighted by atomic mass is 35.5. The van der Waals surface area contributed by atoms with Crippen molar-refractivity contribution in [1.29, 1.82) is 0 Å². The molecule has 2 aromatic carbocycles. The van der Waals surface area contributed by atoms with Gasteiger partial charge in [-0.1, -0.05) is 67.0 Å². The summed E-state index contributed by atoms with van der Waals surface area (Å²) in [5, 5.41) is 13.4. The minimum Gasteiger partial charge on any atom is -0.448 e. The Kier molecular flexibility index (Phi) is 5.45. The third kappa shape index (κ3) is 4.01. The molecule has 0 bridgehead atoms. The molecular weight excluding hydrogens is 380 g/mol. The number of unbranched alkanes of at least 4 members (excludes halogenated alkanes) is 1. The Morgan fingerprint density at radius 2 is 2.04 bits per heavy atom. The molecule has 27 heavy (non-hydrogen) atoms. The number of nitrogens with one attached hydrogen (secondary N) is 1. The highest BCUT2D eigenvalue weighted by Crippen LogP contribution is 2.39. The van der Waals surface area contributed by atoms with Crippen LogP contribution in [0, 0.1) is 0 Å². The van der Waals surface area contributed by atoms with Gasteiger partial charge < -0.3 is 10.1 Å². The van der Waals surface area contributed by atoms with Gasteiger partial charge in [-0.15, -0.1) is 10.2 Å². The quantitative estimate of drug-likeness (QED) is 0.446. The highest BCUT2D eigenvalue weighted by molar-refractivity contribution is 7.99. The number of halogens is 1. The van der Waals surface area contributed by atoms with Crippen molar-refractivity contribution < 1.29 is 4.74 Å². The summed E-state index contributed by atoms with van der Waals surface area (Å²) in [6, 6.07) is 15.5. The third-order valence-electron chi connectivity index (χ3n) is 4.21. The number of hydrogen-bond acceptors (Lipinski definition) is 6. The highest BCUT2D eigenvalue weighted by Gasteiger charge is 2.26. The third-order valence-corrected chi connectivity index (χ3v) is 5.37. The molecule has 3 aromatic rings. The first-order chi connectivity index (χ1) is 13.2. The number of aromatic nitrogens is 3. The van der Waals surface area contributed by atoms with E-state index in [1.54, 1.807) is 11.8 Å². The van der Waals surface area contributed by atoms with Gasteiger partial charge in [-0.05, 0) is 24.6 Å². The minimum absolute atomic E-state index is 0.420. The van der Waals surface area contributed by atoms with Gasteiger partial charge in [-0.3, -0.25) is 0 Å². The van der Waals surface area contributed by atoms with Crippen molar-refractivity contribution in [3.63, 3.8) is 0 Å². The Balaban J connectivity index is 1.74. The van der Waals surface area contributed by atoms with Gasteiger partial charge in [-0.25, -0.2) is 0 Å². The minimum atomic E-state index is -0.420. The van der Waals surface area contributed by atoms with Crippen LogP contribution in [0.5, 0.6) is 5.88 Å². The summed E-state index contributed by atoms with van der Waals surface area (Å²) in [5.74, 6) is 1.44. The summed E-state index contributed by atoms with van der Waals surface area (Å²) in [5.41, 5.74) is 3.40. The molecule has 1 aromatic heterocycles. The Labute approximate surface area is 167 Å². The van der Waals surface area contributed by atoms with Crippen LogP contribution in [0.3, 0.4) is 0 Å². The molecule has 0 radical (unpaired) electrons. The molecule has 0 aliphatic carbocycles. The normalized spacial score (nSPS) is 15.1. The van der Waals surface area contributed by atoms with E-state index in [0.29, 0.717) is 21.8 Å². The van der Waals surface area contributed by atoms with Crippen LogP contribution in [-0.4, -0.2) is 20.9 Å². The van der Waals surface area contributed by atoms with Gasteiger partial charge in [0, 0.05) is 27.6 Å². The van der Waals surface area contributed by atoms with Crippen molar-refractivity contribution in [1.82, 2.24) is 15.2 Å². The summed E-state index contributed by atoms with van der Waals surface area (Å²) in [6.45, 7) is 2.16. The maximum Gasteiger partial charge on any atom is 0.247 e. The zero-order chi connectivity index (χ0) is 18.6. The molecule has 2 heterocycles. The van der Waals surface area contributed by atoms with E-state index in [2.05, 4.69) is 27.4 Å². The fraction of sp³-hybridized carbons (Fsp3) is 0.250. The standard InChI is InChI=1S/C20H19ClN4OS/c1-2-3-11-27-20-23-19-17(24-25-20)15-9-4-5-10-16(15)22-18(26-19)13-7-6-8-14(21)12-13/h4-10,12,18,22H,2-3,11H2,1H3/t18-/m1/s1. The number of nitrogens with zero attached hydrogens (tertiary/aromatic N) is 3. The Morgan fingerprint density at radius 3 is 2.89 bits per heavy atom. The van der Waals surface area contributed by atoms with Crippen molar-refractivity contribution in [2.24, 2.45) is 0 Å². The lowest BCUT2D eigenvalue weighted by Crippen LogP contribution is -2.17. The van der Waals surface area contributed by atoms with Gasteiger partial charge in [0.1, 0.15) is 0 Å². The molecule has 0 unspecified atom stereocenters. The monoisotopic (exact) mass is 398 g/mol. The van der Waals surface area contributed by atoms with E-state index >= 15 is 0 Å². The summed E-state index contributed by atoms with van der Waals surface area (Å²) in [7, 11) is 0. The summed E-state index contributed by atoms with van der Waals surface area (Å²) >= 11 is 7.78. The van der Waals surface area contributed by atoms with Crippen LogP contribution in [0.15, 0.2) is 53.7 Å². The number of benzene rings is 2. The van der Waals surface area contributed by atoms with E-state index in [1.807, 2.05) is 48.5 Å². The van der Waals surface area contributed by atoms with Crippen molar-refractivity contribution in [3.8, 4) is 17.1 Å². The van der Waals surface area contributed by atoms with E-state index in [1.165, 1.54) is 0 Å². The van der Waals surface area contributed by atoms with Crippen molar-refractivity contribution in [3.05, 3.63) is 59.1 Å². The van der Waals surface area contributed by atoms with E-state index < -0.39 is 6.23 Å². The molecule has 5 nitrogen and oxygen atoms in total. The van der Waals surface area contributed by atoms with Crippen LogP contribution in [-0.2, 0) is 0 Å². The maximum atomic E-state index is 6.23. The molecule has 0 saturated carbocycles. The molecule has 0 spiro atoms. The van der Waals surface area contributed by atoms with Crippen molar-refractivity contribution in [2.75, 3.05) is 11.1 Å². The molecule has 0 saturated heterocycles. The van der Waals surface area contributed by atoms with Gasteiger partial charge in [0.15, 0.2) is 11.9 Å². The second-order valence-electron chi connectivity index (χ2n) is 6.19. The van der Waals surface area contributed by atoms with Gasteiger partial charge in [0.25, 0.3) is 0 Å². The average molecular weight is 399 g/mol. The zero-order valence-electron chi connectivity index (χ0n) is 14.9. The Hall–Kier alpha value is -2.31. The van der Waals surface area contributed by atoms with Crippen LogP contribution < -0.4 is 10.1 Å². The lowest BCUT2D eigenvalue weighted by Gasteiger charge is -2.19. The van der Waals surface area contributed by atoms with Gasteiger partial charge in [0.05, 0.1) is 0 Å². The van der Waals surface area contributed by atoms with Gasteiger partial charge in [0.2, 0.25) is 11.0 Å². The smallest absolute Gasteiger partial charge is 0.247 e. The SMILES string of the molecule is CCCCSc1nnc2c(n1)O[C@H](c1cccc(Cl)c1)Nc1ccccc1-2. The zero-order valence-corrected chi connectivity index (χ0v) is 16.4. The van der Waals surface area contributed by atoms with Crippen molar-refractivity contribution in [2.45, 2.75) is 31.1 Å². The van der Waals surface area contributed by atoms with E-state index in [9.17, 15) is 0 Å². The lowest BCUT2D eigenvalue weighted by molar-refractivity contribution is 0.225. The van der Waals surface area contributed by atoms with Crippen molar-refractivity contribution >= 4 is 29.1 Å². The number of thioether (sulfide) groups is 1. The topological polar surface area (TPSA) is 59.9 Å². The molecule has 7 heteroatoms. The van der Waals surface area contributed by atoms with Crippen LogP contribution >= 0.6 is 23.4 Å². The Morgan fingerprint density at radius 1 is 1.15 bits per heavy atom. The number of rotatable bonds is 5. The number of fused-ring (bicyclic) bond motifs is 3. The maximum absolute atomic E-state index is 6.23. The molecular formula is C20H19ClN4OS. The molecule has 1 aliphatic heterocycles. The number of para-hydroxylation sites is 1. The first-order valence-corrected chi connectivity index (χ1v) is 10.3. The van der Waals surface area contributed by atoms with Crippen LogP contribution in [0.4, 0.5) is 5.69 Å². The molecule has 138 valence electrons.